The monoisotopic (exact) mass is 353 g/mol. The van der Waals surface area contributed by atoms with Crippen LogP contribution in [0.5, 0.6) is 0 Å². The normalized spacial score (nSPS) is 17.0. The van der Waals surface area contributed by atoms with E-state index < -0.39 is 0 Å². The van der Waals surface area contributed by atoms with Gasteiger partial charge in [0, 0.05) is 29.5 Å². The van der Waals surface area contributed by atoms with E-state index in [1.807, 2.05) is 29.2 Å². The predicted molar refractivity (Wildman–Crippen MR) is 94.2 cm³/mol. The number of nitrogens with zero attached hydrogens (tertiary/aromatic N) is 3. The molecule has 1 saturated heterocycles. The summed E-state index contributed by atoms with van der Waals surface area (Å²) in [4.78, 5) is 19.1. The van der Waals surface area contributed by atoms with Gasteiger partial charge in [-0.15, -0.1) is 0 Å². The predicted octanol–water partition coefficient (Wildman–Crippen LogP) is 4.37. The van der Waals surface area contributed by atoms with Gasteiger partial charge in [0.05, 0.1) is 12.2 Å². The van der Waals surface area contributed by atoms with Crippen molar-refractivity contribution < 1.29 is 9.32 Å². The molecule has 0 aliphatic carbocycles. The Kier molecular flexibility index (Phi) is 4.24. The Bertz CT molecular complexity index is 894. The molecule has 5 nitrogen and oxygen atoms in total. The van der Waals surface area contributed by atoms with Crippen LogP contribution in [0.3, 0.4) is 0 Å². The number of hydrogen-bond acceptors (Lipinski definition) is 4. The lowest BCUT2D eigenvalue weighted by Crippen LogP contribution is -2.30. The van der Waals surface area contributed by atoms with Gasteiger partial charge in [-0.3, -0.25) is 9.78 Å². The quantitative estimate of drug-likeness (QED) is 0.701. The molecule has 1 unspecified atom stereocenters. The summed E-state index contributed by atoms with van der Waals surface area (Å²) in [5, 5.41) is 4.43. The van der Waals surface area contributed by atoms with E-state index in [0.717, 1.165) is 24.0 Å². The molecule has 4 rings (SSSR count). The van der Waals surface area contributed by atoms with Crippen LogP contribution in [0.25, 0.3) is 11.3 Å². The van der Waals surface area contributed by atoms with Crippen LogP contribution < -0.4 is 0 Å². The minimum absolute atomic E-state index is 0.0533. The first kappa shape index (κ1) is 15.8. The number of carbonyl (C=O) groups excluding carboxylic acids is 1. The molecule has 126 valence electrons. The third-order valence-electron chi connectivity index (χ3n) is 4.49. The van der Waals surface area contributed by atoms with Crippen molar-refractivity contribution in [2.45, 2.75) is 18.9 Å². The highest BCUT2D eigenvalue weighted by molar-refractivity contribution is 6.30. The summed E-state index contributed by atoms with van der Waals surface area (Å²) in [7, 11) is 0. The van der Waals surface area contributed by atoms with Crippen molar-refractivity contribution in [1.82, 2.24) is 15.0 Å². The van der Waals surface area contributed by atoms with Crippen molar-refractivity contribution >= 4 is 17.5 Å². The van der Waals surface area contributed by atoms with Crippen LogP contribution in [0.2, 0.25) is 5.02 Å². The average molecular weight is 354 g/mol. The summed E-state index contributed by atoms with van der Waals surface area (Å²) in [6.45, 7) is 0.714. The van der Waals surface area contributed by atoms with Crippen LogP contribution in [0.15, 0.2) is 59.5 Å². The van der Waals surface area contributed by atoms with Gasteiger partial charge >= 0.3 is 0 Å². The Balaban J connectivity index is 1.67. The van der Waals surface area contributed by atoms with Gasteiger partial charge in [-0.2, -0.15) is 0 Å². The van der Waals surface area contributed by atoms with Crippen LogP contribution in [-0.2, 0) is 0 Å². The van der Waals surface area contributed by atoms with Crippen molar-refractivity contribution in [1.29, 1.82) is 0 Å². The Hall–Kier alpha value is -2.66. The van der Waals surface area contributed by atoms with E-state index in [1.165, 1.54) is 6.20 Å². The Morgan fingerprint density at radius 1 is 1.24 bits per heavy atom. The van der Waals surface area contributed by atoms with Crippen molar-refractivity contribution in [2.24, 2.45) is 0 Å². The fraction of sp³-hybridized carbons (Fsp3) is 0.211. The van der Waals surface area contributed by atoms with E-state index >= 15 is 0 Å². The second kappa shape index (κ2) is 6.69. The lowest BCUT2D eigenvalue weighted by atomic mass is 10.0. The van der Waals surface area contributed by atoms with Crippen molar-refractivity contribution in [2.75, 3.05) is 6.54 Å². The molecule has 1 atom stereocenters. The highest BCUT2D eigenvalue weighted by atomic mass is 35.5. The maximum absolute atomic E-state index is 13.1. The number of halogens is 1. The molecule has 25 heavy (non-hydrogen) atoms. The molecule has 0 N–H and O–H groups in total. The minimum Gasteiger partial charge on any atom is -0.355 e. The number of aromatic nitrogens is 2. The summed E-state index contributed by atoms with van der Waals surface area (Å²) >= 11 is 6.06. The maximum Gasteiger partial charge on any atom is 0.259 e. The van der Waals surface area contributed by atoms with E-state index in [-0.39, 0.29) is 11.9 Å². The van der Waals surface area contributed by atoms with Gasteiger partial charge in [0.15, 0.2) is 5.76 Å². The lowest BCUT2D eigenvalue weighted by Gasteiger charge is -2.24. The molecular formula is C19H16ClN3O2. The fourth-order valence-corrected chi connectivity index (χ4v) is 3.52. The SMILES string of the molecule is O=C(c1cnoc1-c1cccc(Cl)c1)N1CCCC1c1ccncc1. The first-order chi connectivity index (χ1) is 12.2. The number of likely N-dealkylation sites (tertiary alicyclic amines) is 1. The summed E-state index contributed by atoms with van der Waals surface area (Å²) in [6.07, 6.45) is 6.91. The molecule has 0 bridgehead atoms. The Morgan fingerprint density at radius 2 is 2.08 bits per heavy atom. The Morgan fingerprint density at radius 3 is 2.88 bits per heavy atom. The molecule has 6 heteroatoms. The fourth-order valence-electron chi connectivity index (χ4n) is 3.33. The third-order valence-corrected chi connectivity index (χ3v) is 4.73. The van der Waals surface area contributed by atoms with E-state index in [2.05, 4.69) is 10.1 Å². The van der Waals surface area contributed by atoms with E-state index in [4.69, 9.17) is 16.1 Å². The van der Waals surface area contributed by atoms with E-state index in [1.54, 1.807) is 24.5 Å². The molecule has 2 aromatic heterocycles. The molecule has 1 amide bonds. The molecule has 3 aromatic rings. The first-order valence-electron chi connectivity index (χ1n) is 8.15. The number of pyridine rings is 1. The number of benzene rings is 1. The second-order valence-corrected chi connectivity index (χ2v) is 6.45. The van der Waals surface area contributed by atoms with Crippen LogP contribution >= 0.6 is 11.6 Å². The molecule has 1 fully saturated rings. The molecular weight excluding hydrogens is 338 g/mol. The number of rotatable bonds is 3. The standard InChI is InChI=1S/C19H16ClN3O2/c20-15-4-1-3-14(11-15)18-16(12-22-25-18)19(24)23-10-2-5-17(23)13-6-8-21-9-7-13/h1,3-4,6-9,11-12,17H,2,5,10H2. The van der Waals surface area contributed by atoms with Crippen LogP contribution in [0.4, 0.5) is 0 Å². The summed E-state index contributed by atoms with van der Waals surface area (Å²) < 4.78 is 5.36. The summed E-state index contributed by atoms with van der Waals surface area (Å²) in [6, 6.07) is 11.2. The Labute approximate surface area is 150 Å². The molecule has 0 spiro atoms. The van der Waals surface area contributed by atoms with Crippen molar-refractivity contribution in [3.8, 4) is 11.3 Å². The lowest BCUT2D eigenvalue weighted by molar-refractivity contribution is 0.0736. The minimum atomic E-state index is -0.0736. The smallest absolute Gasteiger partial charge is 0.259 e. The van der Waals surface area contributed by atoms with Gasteiger partial charge in [0.1, 0.15) is 5.56 Å². The van der Waals surface area contributed by atoms with Gasteiger partial charge < -0.3 is 9.42 Å². The zero-order valence-corrected chi connectivity index (χ0v) is 14.2. The number of amides is 1. The molecule has 3 heterocycles. The molecule has 1 aliphatic rings. The second-order valence-electron chi connectivity index (χ2n) is 6.02. The molecule has 0 radical (unpaired) electrons. The van der Waals surface area contributed by atoms with Gasteiger partial charge in [-0.25, -0.2) is 0 Å². The van der Waals surface area contributed by atoms with Gasteiger partial charge in [0.2, 0.25) is 0 Å². The number of carbonyl (C=O) groups is 1. The van der Waals surface area contributed by atoms with Crippen molar-refractivity contribution in [3.63, 3.8) is 0 Å². The zero-order chi connectivity index (χ0) is 17.2. The van der Waals surface area contributed by atoms with Gasteiger partial charge in [-0.1, -0.05) is 28.9 Å². The highest BCUT2D eigenvalue weighted by Crippen LogP contribution is 2.35. The van der Waals surface area contributed by atoms with Crippen LogP contribution in [-0.4, -0.2) is 27.5 Å². The summed E-state index contributed by atoms with van der Waals surface area (Å²) in [5.74, 6) is 0.378. The van der Waals surface area contributed by atoms with Gasteiger partial charge in [-0.05, 0) is 42.7 Å². The zero-order valence-electron chi connectivity index (χ0n) is 13.4. The van der Waals surface area contributed by atoms with Crippen LogP contribution in [0.1, 0.15) is 34.8 Å². The molecule has 1 aromatic carbocycles. The average Bonchev–Trinajstić information content (AvgIpc) is 3.31. The maximum atomic E-state index is 13.1. The van der Waals surface area contributed by atoms with Crippen LogP contribution in [0, 0.1) is 0 Å². The largest absolute Gasteiger partial charge is 0.355 e. The topological polar surface area (TPSA) is 59.2 Å². The molecule has 1 aliphatic heterocycles. The van der Waals surface area contributed by atoms with Crippen molar-refractivity contribution in [3.05, 3.63) is 71.1 Å². The first-order valence-corrected chi connectivity index (χ1v) is 8.53. The summed E-state index contributed by atoms with van der Waals surface area (Å²) in [5.41, 5.74) is 2.30. The van der Waals surface area contributed by atoms with Gasteiger partial charge in [0.25, 0.3) is 5.91 Å². The number of hydrogen-bond donors (Lipinski definition) is 0. The third kappa shape index (κ3) is 3.03. The van der Waals surface area contributed by atoms with E-state index in [9.17, 15) is 4.79 Å². The van der Waals surface area contributed by atoms with E-state index in [0.29, 0.717) is 22.9 Å². The molecule has 0 saturated carbocycles. The highest BCUT2D eigenvalue weighted by Gasteiger charge is 2.33.